The number of likely N-dealkylation sites (N-methyl/N-ethyl adjacent to an activating group) is 1. The van der Waals surface area contributed by atoms with Gasteiger partial charge in [-0.3, -0.25) is 9.59 Å². The quantitative estimate of drug-likeness (QED) is 0.522. The van der Waals surface area contributed by atoms with E-state index in [1.54, 1.807) is 25.1 Å². The van der Waals surface area contributed by atoms with Crippen molar-refractivity contribution in [1.82, 2.24) is 14.5 Å². The highest BCUT2D eigenvalue weighted by Crippen LogP contribution is 2.24. The van der Waals surface area contributed by atoms with Gasteiger partial charge < -0.3 is 10.2 Å². The smallest absolute Gasteiger partial charge is 0.243 e. The van der Waals surface area contributed by atoms with Crippen LogP contribution in [0.2, 0.25) is 15.1 Å². The molecular weight excluding hydrogens is 509 g/mol. The summed E-state index contributed by atoms with van der Waals surface area (Å²) in [5.74, 6) is -0.908. The maximum atomic E-state index is 13.2. The Kier molecular flexibility index (Phi) is 9.58. The van der Waals surface area contributed by atoms with Crippen molar-refractivity contribution < 1.29 is 18.0 Å². The molecule has 0 heterocycles. The van der Waals surface area contributed by atoms with E-state index in [1.807, 2.05) is 13.8 Å². The molecular formula is C22H26Cl3N3O4S. The standard InChI is InChI=1S/C22H26Cl3N3O4S/c1-14(2)26-22(30)15(3)28(12-16-5-10-19(24)20(25)11-16)21(29)13-27(4)33(31,32)18-8-6-17(23)7-9-18/h5-11,14-15H,12-13H2,1-4H3,(H,26,30)/t15-/m1/s1. The Morgan fingerprint density at radius 1 is 0.970 bits per heavy atom. The van der Waals surface area contributed by atoms with Gasteiger partial charge in [0.05, 0.1) is 21.5 Å². The van der Waals surface area contributed by atoms with Crippen LogP contribution >= 0.6 is 34.8 Å². The van der Waals surface area contributed by atoms with Crippen LogP contribution in [0.15, 0.2) is 47.4 Å². The number of rotatable bonds is 9. The molecule has 0 aromatic heterocycles. The number of sulfonamides is 1. The molecule has 0 fully saturated rings. The number of carbonyl (C=O) groups is 2. The minimum Gasteiger partial charge on any atom is -0.352 e. The molecule has 0 aliphatic heterocycles. The largest absolute Gasteiger partial charge is 0.352 e. The van der Waals surface area contributed by atoms with Gasteiger partial charge >= 0.3 is 0 Å². The SMILES string of the molecule is CC(C)NC(=O)[C@@H](C)N(Cc1ccc(Cl)c(Cl)c1)C(=O)CN(C)S(=O)(=O)c1ccc(Cl)cc1. The molecule has 1 atom stereocenters. The van der Waals surface area contributed by atoms with Crippen LogP contribution in [-0.2, 0) is 26.2 Å². The third-order valence-corrected chi connectivity index (χ3v) is 7.62. The van der Waals surface area contributed by atoms with Crippen molar-refractivity contribution in [1.29, 1.82) is 0 Å². The highest BCUT2D eigenvalue weighted by molar-refractivity contribution is 7.89. The average Bonchev–Trinajstić information content (AvgIpc) is 2.73. The van der Waals surface area contributed by atoms with Gasteiger partial charge in [-0.05, 0) is 62.7 Å². The summed E-state index contributed by atoms with van der Waals surface area (Å²) in [5, 5.41) is 3.84. The highest BCUT2D eigenvalue weighted by atomic mass is 35.5. The Morgan fingerprint density at radius 2 is 1.58 bits per heavy atom. The molecule has 2 aromatic rings. The molecule has 1 N–H and O–H groups in total. The van der Waals surface area contributed by atoms with Crippen LogP contribution in [0.3, 0.4) is 0 Å². The van der Waals surface area contributed by atoms with E-state index in [2.05, 4.69) is 5.32 Å². The normalized spacial score (nSPS) is 12.6. The lowest BCUT2D eigenvalue weighted by molar-refractivity contribution is -0.140. The van der Waals surface area contributed by atoms with Gasteiger partial charge in [-0.1, -0.05) is 40.9 Å². The van der Waals surface area contributed by atoms with E-state index >= 15 is 0 Å². The first kappa shape index (κ1) is 27.4. The van der Waals surface area contributed by atoms with Crippen molar-refractivity contribution in [3.63, 3.8) is 0 Å². The summed E-state index contributed by atoms with van der Waals surface area (Å²) in [6.07, 6.45) is 0. The number of halogens is 3. The van der Waals surface area contributed by atoms with Gasteiger partial charge in [-0.2, -0.15) is 4.31 Å². The fourth-order valence-corrected chi connectivity index (χ4v) is 4.54. The molecule has 180 valence electrons. The van der Waals surface area contributed by atoms with E-state index in [-0.39, 0.29) is 23.4 Å². The van der Waals surface area contributed by atoms with Crippen LogP contribution in [0, 0.1) is 0 Å². The van der Waals surface area contributed by atoms with E-state index in [4.69, 9.17) is 34.8 Å². The summed E-state index contributed by atoms with van der Waals surface area (Å²) in [4.78, 5) is 27.2. The predicted octanol–water partition coefficient (Wildman–Crippen LogP) is 4.21. The minimum atomic E-state index is -3.95. The number of benzene rings is 2. The fraction of sp³-hybridized carbons (Fsp3) is 0.364. The summed E-state index contributed by atoms with van der Waals surface area (Å²) < 4.78 is 26.7. The zero-order valence-electron chi connectivity index (χ0n) is 18.7. The van der Waals surface area contributed by atoms with Crippen LogP contribution < -0.4 is 5.32 Å². The van der Waals surface area contributed by atoms with Crippen LogP contribution in [-0.4, -0.2) is 55.1 Å². The molecule has 0 saturated carbocycles. The number of amides is 2. The number of nitrogens with one attached hydrogen (secondary N) is 1. The molecule has 0 radical (unpaired) electrons. The van der Waals surface area contributed by atoms with E-state index < -0.39 is 28.5 Å². The first-order valence-corrected chi connectivity index (χ1v) is 12.7. The molecule has 33 heavy (non-hydrogen) atoms. The van der Waals surface area contributed by atoms with Gasteiger partial charge in [0.15, 0.2) is 0 Å². The third kappa shape index (κ3) is 7.32. The Labute approximate surface area is 209 Å². The van der Waals surface area contributed by atoms with E-state index in [0.29, 0.717) is 20.6 Å². The van der Waals surface area contributed by atoms with Crippen molar-refractivity contribution in [2.45, 2.75) is 44.3 Å². The number of carbonyl (C=O) groups excluding carboxylic acids is 2. The van der Waals surface area contributed by atoms with Crippen LogP contribution in [0.1, 0.15) is 26.3 Å². The van der Waals surface area contributed by atoms with E-state index in [9.17, 15) is 18.0 Å². The molecule has 0 aliphatic rings. The summed E-state index contributed by atoms with van der Waals surface area (Å²) in [7, 11) is -2.64. The highest BCUT2D eigenvalue weighted by Gasteiger charge is 2.30. The van der Waals surface area contributed by atoms with Gasteiger partial charge in [0.2, 0.25) is 21.8 Å². The first-order valence-electron chi connectivity index (χ1n) is 10.1. The Morgan fingerprint density at radius 3 is 2.12 bits per heavy atom. The molecule has 0 spiro atoms. The van der Waals surface area contributed by atoms with Gasteiger partial charge in [0.25, 0.3) is 0 Å². The van der Waals surface area contributed by atoms with Crippen molar-refractivity contribution in [2.75, 3.05) is 13.6 Å². The minimum absolute atomic E-state index is 0.00355. The van der Waals surface area contributed by atoms with Gasteiger partial charge in [-0.25, -0.2) is 8.42 Å². The van der Waals surface area contributed by atoms with Gasteiger partial charge in [0, 0.05) is 24.7 Å². The summed E-state index contributed by atoms with van der Waals surface area (Å²) in [6.45, 7) is 4.77. The Balaban J connectivity index is 2.30. The van der Waals surface area contributed by atoms with Crippen LogP contribution in [0.5, 0.6) is 0 Å². The van der Waals surface area contributed by atoms with Crippen LogP contribution in [0.4, 0.5) is 0 Å². The second-order valence-corrected chi connectivity index (χ2v) is 11.1. The topological polar surface area (TPSA) is 86.8 Å². The predicted molar refractivity (Wildman–Crippen MR) is 131 cm³/mol. The molecule has 0 saturated heterocycles. The van der Waals surface area contributed by atoms with Crippen molar-refractivity contribution in [3.05, 3.63) is 63.1 Å². The second-order valence-electron chi connectivity index (χ2n) is 7.82. The molecule has 2 amide bonds. The molecule has 0 unspecified atom stereocenters. The molecule has 7 nitrogen and oxygen atoms in total. The lowest BCUT2D eigenvalue weighted by Gasteiger charge is -2.31. The Bertz CT molecular complexity index is 1110. The van der Waals surface area contributed by atoms with Crippen molar-refractivity contribution in [2.24, 2.45) is 0 Å². The third-order valence-electron chi connectivity index (χ3n) is 4.81. The lowest BCUT2D eigenvalue weighted by Crippen LogP contribution is -2.51. The zero-order chi connectivity index (χ0) is 24.9. The van der Waals surface area contributed by atoms with Gasteiger partial charge in [-0.15, -0.1) is 0 Å². The van der Waals surface area contributed by atoms with E-state index in [0.717, 1.165) is 4.31 Å². The van der Waals surface area contributed by atoms with Crippen molar-refractivity contribution >= 4 is 56.6 Å². The zero-order valence-corrected chi connectivity index (χ0v) is 21.8. The first-order chi connectivity index (χ1) is 15.3. The lowest BCUT2D eigenvalue weighted by atomic mass is 10.1. The monoisotopic (exact) mass is 533 g/mol. The maximum Gasteiger partial charge on any atom is 0.243 e. The summed E-state index contributed by atoms with van der Waals surface area (Å²) >= 11 is 17.9. The fourth-order valence-electron chi connectivity index (χ4n) is 2.98. The molecule has 2 rings (SSSR count). The Hall–Kier alpha value is -1.84. The summed E-state index contributed by atoms with van der Waals surface area (Å²) in [6, 6.07) is 9.54. The molecule has 11 heteroatoms. The van der Waals surface area contributed by atoms with Crippen LogP contribution in [0.25, 0.3) is 0 Å². The number of nitrogens with zero attached hydrogens (tertiary/aromatic N) is 2. The number of hydrogen-bond donors (Lipinski definition) is 1. The summed E-state index contributed by atoms with van der Waals surface area (Å²) in [5.41, 5.74) is 0.644. The maximum absolute atomic E-state index is 13.2. The molecule has 0 bridgehead atoms. The molecule has 0 aliphatic carbocycles. The van der Waals surface area contributed by atoms with E-state index in [1.165, 1.54) is 36.2 Å². The van der Waals surface area contributed by atoms with Gasteiger partial charge in [0.1, 0.15) is 6.04 Å². The average molecular weight is 535 g/mol. The molecule has 2 aromatic carbocycles. The second kappa shape index (κ2) is 11.5. The van der Waals surface area contributed by atoms with Crippen molar-refractivity contribution in [3.8, 4) is 0 Å². The number of hydrogen-bond acceptors (Lipinski definition) is 4.